The molecule has 0 saturated carbocycles. The van der Waals surface area contributed by atoms with Crippen LogP contribution in [0, 0.1) is 0 Å². The zero-order valence-corrected chi connectivity index (χ0v) is 22.4. The maximum absolute atomic E-state index is 3.57. The highest BCUT2D eigenvalue weighted by Crippen LogP contribution is 2.37. The minimum atomic E-state index is 1.11. The van der Waals surface area contributed by atoms with Gasteiger partial charge in [-0.15, -0.1) is 0 Å². The number of aromatic nitrogens is 2. The summed E-state index contributed by atoms with van der Waals surface area (Å²) in [6, 6.07) is 54.0. The molecule has 0 bridgehead atoms. The van der Waals surface area contributed by atoms with Crippen LogP contribution in [0.15, 0.2) is 158 Å². The van der Waals surface area contributed by atoms with Crippen LogP contribution in [0.1, 0.15) is 0 Å². The van der Waals surface area contributed by atoms with Crippen molar-refractivity contribution in [1.29, 1.82) is 0 Å². The lowest BCUT2D eigenvalue weighted by atomic mass is 10.0. The molecular weight excluding hydrogens is 498 g/mol. The van der Waals surface area contributed by atoms with Gasteiger partial charge in [0.1, 0.15) is 0 Å². The van der Waals surface area contributed by atoms with Crippen LogP contribution in [0.25, 0.3) is 49.5 Å². The number of nitrogens with zero attached hydrogens (tertiary/aromatic N) is 2. The van der Waals surface area contributed by atoms with Crippen LogP contribution in [0.3, 0.4) is 0 Å². The summed E-state index contributed by atoms with van der Waals surface area (Å²) in [6.07, 6.45) is 2.16. The van der Waals surface area contributed by atoms with E-state index in [1.165, 1.54) is 43.8 Å². The fourth-order valence-electron chi connectivity index (χ4n) is 5.93. The summed E-state index contributed by atoms with van der Waals surface area (Å²) in [4.78, 5) is 5.88. The molecule has 0 amide bonds. The van der Waals surface area contributed by atoms with Gasteiger partial charge in [0, 0.05) is 56.1 Å². The molecule has 0 aliphatic carbocycles. The molecule has 0 aliphatic heterocycles. The van der Waals surface area contributed by atoms with Gasteiger partial charge in [-0.2, -0.15) is 0 Å². The molecule has 6 aromatic carbocycles. The molecule has 41 heavy (non-hydrogen) atoms. The van der Waals surface area contributed by atoms with Crippen molar-refractivity contribution in [2.24, 2.45) is 0 Å². The topological polar surface area (TPSA) is 24.0 Å². The van der Waals surface area contributed by atoms with E-state index in [0.29, 0.717) is 0 Å². The Hall–Kier alpha value is -5.54. The Balaban J connectivity index is 1.19. The SMILES string of the molecule is c1ccc(-c2ccc(N(c3ccccc3)c3ccc(-n4ccc5cc6[nH]c7ccccc7c6cc54)cc3)cc2)cc1. The summed E-state index contributed by atoms with van der Waals surface area (Å²) in [5.41, 5.74) is 10.5. The summed E-state index contributed by atoms with van der Waals surface area (Å²) in [5.74, 6) is 0. The van der Waals surface area contributed by atoms with E-state index in [2.05, 4.69) is 172 Å². The molecule has 0 fully saturated rings. The quantitative estimate of drug-likeness (QED) is 0.237. The van der Waals surface area contributed by atoms with Gasteiger partial charge < -0.3 is 14.5 Å². The molecule has 0 saturated heterocycles. The maximum Gasteiger partial charge on any atom is 0.0536 e. The van der Waals surface area contributed by atoms with E-state index in [-0.39, 0.29) is 0 Å². The molecule has 2 heterocycles. The average molecular weight is 526 g/mol. The number of nitrogens with one attached hydrogen (secondary N) is 1. The minimum absolute atomic E-state index is 1.11. The van der Waals surface area contributed by atoms with Crippen LogP contribution in [0.5, 0.6) is 0 Å². The first-order chi connectivity index (χ1) is 20.3. The number of aromatic amines is 1. The van der Waals surface area contributed by atoms with Crippen molar-refractivity contribution < 1.29 is 0 Å². The van der Waals surface area contributed by atoms with Gasteiger partial charge in [-0.05, 0) is 83.9 Å². The normalized spacial score (nSPS) is 11.4. The highest BCUT2D eigenvalue weighted by atomic mass is 15.1. The van der Waals surface area contributed by atoms with E-state index in [1.807, 2.05) is 0 Å². The van der Waals surface area contributed by atoms with E-state index >= 15 is 0 Å². The summed E-state index contributed by atoms with van der Waals surface area (Å²) < 4.78 is 2.28. The van der Waals surface area contributed by atoms with E-state index in [9.17, 15) is 0 Å². The molecule has 8 aromatic rings. The Labute approximate surface area is 238 Å². The monoisotopic (exact) mass is 525 g/mol. The van der Waals surface area contributed by atoms with E-state index < -0.39 is 0 Å². The number of H-pyrrole nitrogens is 1. The van der Waals surface area contributed by atoms with Gasteiger partial charge in [0.05, 0.1) is 5.52 Å². The molecule has 0 radical (unpaired) electrons. The van der Waals surface area contributed by atoms with Gasteiger partial charge in [-0.1, -0.05) is 78.9 Å². The van der Waals surface area contributed by atoms with Crippen molar-refractivity contribution >= 4 is 49.8 Å². The van der Waals surface area contributed by atoms with Crippen LogP contribution in [0.2, 0.25) is 0 Å². The second kappa shape index (κ2) is 9.58. The highest BCUT2D eigenvalue weighted by Gasteiger charge is 2.14. The Morgan fingerprint density at radius 2 is 1.07 bits per heavy atom. The van der Waals surface area contributed by atoms with Crippen LogP contribution in [-0.2, 0) is 0 Å². The maximum atomic E-state index is 3.57. The first-order valence-corrected chi connectivity index (χ1v) is 13.9. The number of fused-ring (bicyclic) bond motifs is 4. The molecule has 0 aliphatic rings. The van der Waals surface area contributed by atoms with Crippen molar-refractivity contribution in [3.8, 4) is 16.8 Å². The molecule has 1 N–H and O–H groups in total. The number of anilines is 3. The molecule has 2 aromatic heterocycles. The first kappa shape index (κ1) is 23.4. The van der Waals surface area contributed by atoms with Crippen molar-refractivity contribution in [3.05, 3.63) is 158 Å². The lowest BCUT2D eigenvalue weighted by molar-refractivity contribution is 1.13. The van der Waals surface area contributed by atoms with E-state index in [0.717, 1.165) is 22.7 Å². The Morgan fingerprint density at radius 3 is 1.83 bits per heavy atom. The van der Waals surface area contributed by atoms with Gasteiger partial charge >= 0.3 is 0 Å². The Kier molecular flexibility index (Phi) is 5.46. The second-order valence-corrected chi connectivity index (χ2v) is 10.4. The smallest absolute Gasteiger partial charge is 0.0536 e. The van der Waals surface area contributed by atoms with Gasteiger partial charge in [-0.3, -0.25) is 0 Å². The fraction of sp³-hybridized carbons (Fsp3) is 0. The van der Waals surface area contributed by atoms with Crippen molar-refractivity contribution in [2.45, 2.75) is 0 Å². The Morgan fingerprint density at radius 1 is 0.463 bits per heavy atom. The summed E-state index contributed by atoms with van der Waals surface area (Å²) in [5, 5.41) is 3.72. The van der Waals surface area contributed by atoms with Crippen molar-refractivity contribution in [3.63, 3.8) is 0 Å². The van der Waals surface area contributed by atoms with Crippen LogP contribution in [0.4, 0.5) is 17.1 Å². The van der Waals surface area contributed by atoms with E-state index in [1.54, 1.807) is 0 Å². The van der Waals surface area contributed by atoms with Gasteiger partial charge in [0.25, 0.3) is 0 Å². The molecular formula is C38H27N3. The number of para-hydroxylation sites is 2. The number of hydrogen-bond donors (Lipinski definition) is 1. The summed E-state index contributed by atoms with van der Waals surface area (Å²) in [6.45, 7) is 0. The molecule has 3 heteroatoms. The fourth-order valence-corrected chi connectivity index (χ4v) is 5.93. The van der Waals surface area contributed by atoms with Crippen LogP contribution in [-0.4, -0.2) is 9.55 Å². The average Bonchev–Trinajstić information content (AvgIpc) is 3.62. The van der Waals surface area contributed by atoms with Crippen molar-refractivity contribution in [2.75, 3.05) is 4.90 Å². The molecule has 194 valence electrons. The van der Waals surface area contributed by atoms with Crippen LogP contribution < -0.4 is 4.90 Å². The standard InChI is InChI=1S/C38H27N3/c1-3-9-27(10-4-1)28-15-17-32(18-16-28)41(31-11-5-2-6-12-31)33-21-19-30(20-22-33)40-24-23-29-25-37-35(26-38(29)40)34-13-7-8-14-36(34)39-37/h1-26,39H. The van der Waals surface area contributed by atoms with Gasteiger partial charge in [0.15, 0.2) is 0 Å². The lowest BCUT2D eigenvalue weighted by Gasteiger charge is -2.26. The highest BCUT2D eigenvalue weighted by molar-refractivity contribution is 6.11. The molecule has 0 spiro atoms. The predicted octanol–water partition coefficient (Wildman–Crippen LogP) is 10.4. The largest absolute Gasteiger partial charge is 0.354 e. The molecule has 8 rings (SSSR count). The molecule has 0 unspecified atom stereocenters. The first-order valence-electron chi connectivity index (χ1n) is 13.9. The second-order valence-electron chi connectivity index (χ2n) is 10.4. The van der Waals surface area contributed by atoms with Gasteiger partial charge in [0.2, 0.25) is 0 Å². The van der Waals surface area contributed by atoms with E-state index in [4.69, 9.17) is 0 Å². The number of hydrogen-bond acceptors (Lipinski definition) is 1. The minimum Gasteiger partial charge on any atom is -0.354 e. The van der Waals surface area contributed by atoms with Gasteiger partial charge in [-0.25, -0.2) is 0 Å². The van der Waals surface area contributed by atoms with Crippen molar-refractivity contribution in [1.82, 2.24) is 9.55 Å². The predicted molar refractivity (Wildman–Crippen MR) is 173 cm³/mol. The third kappa shape index (κ3) is 4.07. The third-order valence-corrected chi connectivity index (χ3v) is 7.95. The van der Waals surface area contributed by atoms with Crippen LogP contribution >= 0.6 is 0 Å². The zero-order chi connectivity index (χ0) is 27.2. The summed E-state index contributed by atoms with van der Waals surface area (Å²) >= 11 is 0. The summed E-state index contributed by atoms with van der Waals surface area (Å²) in [7, 11) is 0. The third-order valence-electron chi connectivity index (χ3n) is 7.95. The lowest BCUT2D eigenvalue weighted by Crippen LogP contribution is -2.09. The zero-order valence-electron chi connectivity index (χ0n) is 22.4. The molecule has 0 atom stereocenters. The number of benzene rings is 6. The number of rotatable bonds is 5. The Bertz CT molecular complexity index is 2120. The molecule has 3 nitrogen and oxygen atoms in total.